The Morgan fingerprint density at radius 1 is 1.29 bits per heavy atom. The van der Waals surface area contributed by atoms with Crippen LogP contribution in [0.25, 0.3) is 11.2 Å². The highest BCUT2D eigenvalue weighted by atomic mass is 32.7. The van der Waals surface area contributed by atoms with Crippen molar-refractivity contribution in [2.75, 3.05) is 12.3 Å². The lowest BCUT2D eigenvalue weighted by atomic mass is 10.5. The summed E-state index contributed by atoms with van der Waals surface area (Å²) >= 11 is 0.631. The maximum atomic E-state index is 11.7. The number of nitrogens with zero attached hydrogens (tertiary/aromatic N) is 4. The largest absolute Gasteiger partial charge is 0.382 e. The molecule has 2 rings (SSSR count). The quantitative estimate of drug-likeness (QED) is 0.392. The molecule has 0 aliphatic heterocycles. The van der Waals surface area contributed by atoms with Crippen molar-refractivity contribution in [1.29, 1.82) is 0 Å². The molecule has 0 saturated carbocycles. The molecule has 0 atom stereocenters. The topological polar surface area (TPSA) is 171 Å². The van der Waals surface area contributed by atoms with Gasteiger partial charge in [0.1, 0.15) is 11.8 Å². The summed E-state index contributed by atoms with van der Waals surface area (Å²) in [7, 11) is -6.14. The lowest BCUT2D eigenvalue weighted by molar-refractivity contribution is 0.112. The van der Waals surface area contributed by atoms with E-state index >= 15 is 0 Å². The van der Waals surface area contributed by atoms with E-state index in [9.17, 15) is 23.5 Å². The van der Waals surface area contributed by atoms with Gasteiger partial charge < -0.3 is 24.8 Å². The lowest BCUT2D eigenvalue weighted by Gasteiger charge is -2.27. The molecule has 0 aliphatic rings. The van der Waals surface area contributed by atoms with Crippen molar-refractivity contribution >= 4 is 62.7 Å². The van der Waals surface area contributed by atoms with Gasteiger partial charge in [0.2, 0.25) is 15.3 Å². The Labute approximate surface area is 146 Å². The Morgan fingerprint density at radius 2 is 1.96 bits per heavy atom. The van der Waals surface area contributed by atoms with Gasteiger partial charge in [0.25, 0.3) is 4.01 Å². The molecule has 0 saturated heterocycles. The van der Waals surface area contributed by atoms with Crippen molar-refractivity contribution in [3.63, 3.8) is 0 Å². The Kier molecular flexibility index (Phi) is 6.69. The van der Waals surface area contributed by atoms with Gasteiger partial charge in [0.15, 0.2) is 11.5 Å². The molecule has 0 amide bonds. The lowest BCUT2D eigenvalue weighted by Crippen LogP contribution is -2.24. The minimum Gasteiger partial charge on any atom is -0.382 e. The average molecular weight is 429 g/mol. The first-order valence-corrected chi connectivity index (χ1v) is 12.0. The molecule has 0 spiro atoms. The van der Waals surface area contributed by atoms with Gasteiger partial charge in [0.05, 0.1) is 12.9 Å². The van der Waals surface area contributed by atoms with Crippen LogP contribution in [0.4, 0.5) is 5.82 Å². The van der Waals surface area contributed by atoms with E-state index in [-0.39, 0.29) is 19.0 Å². The molecule has 2 aromatic rings. The maximum absolute atomic E-state index is 11.7. The Hall–Kier alpha value is -0.640. The van der Waals surface area contributed by atoms with Crippen LogP contribution < -0.4 is 5.73 Å². The first-order valence-electron chi connectivity index (χ1n) is 5.97. The summed E-state index contributed by atoms with van der Waals surface area (Å²) in [5.41, 5.74) is 6.48. The second-order valence-corrected chi connectivity index (χ2v) is 10.5. The summed E-state index contributed by atoms with van der Waals surface area (Å²) in [6.45, 7) is -0.0627. The monoisotopic (exact) mass is 429 g/mol. The molecule has 0 aromatic carbocycles. The van der Waals surface area contributed by atoms with Gasteiger partial charge in [-0.2, -0.15) is 0 Å². The zero-order valence-corrected chi connectivity index (χ0v) is 15.9. The highest BCUT2D eigenvalue weighted by Crippen LogP contribution is 2.68. The van der Waals surface area contributed by atoms with E-state index in [2.05, 4.69) is 15.0 Å². The molecular formula is C8H10N5O6P3S2. The summed E-state index contributed by atoms with van der Waals surface area (Å²) in [6.07, 6.45) is 2.69. The summed E-state index contributed by atoms with van der Waals surface area (Å²) in [5, 5.41) is 0. The fourth-order valence-electron chi connectivity index (χ4n) is 1.69. The standard InChI is InChI=1S/C8H10N5O6P3S2/c9-6-5-7(11-3-10-6)13(4-12-5)1-2-19-8(23-20-14,24-21-15)22(16,17)18/h3-4H,1-2H2,(H2,9,10,11)(H2,16,17,18). The van der Waals surface area contributed by atoms with Crippen LogP contribution in [0, 0.1) is 0 Å². The van der Waals surface area contributed by atoms with Crippen molar-refractivity contribution in [3.05, 3.63) is 12.7 Å². The minimum absolute atomic E-state index is 0.126. The third-order valence-corrected chi connectivity index (χ3v) is 10.5. The molecule has 0 bridgehead atoms. The summed E-state index contributed by atoms with van der Waals surface area (Å²) < 4.78 is 37.9. The second-order valence-electron chi connectivity index (χ2n) is 4.12. The summed E-state index contributed by atoms with van der Waals surface area (Å²) in [6, 6.07) is 0. The van der Waals surface area contributed by atoms with Crippen molar-refractivity contribution in [2.45, 2.75) is 10.6 Å². The van der Waals surface area contributed by atoms with E-state index in [1.54, 1.807) is 4.57 Å². The number of hydrogen-bond donors (Lipinski definition) is 3. The number of nitrogens with two attached hydrogens (primary N) is 1. The number of fused-ring (bicyclic) bond motifs is 1. The molecule has 0 fully saturated rings. The molecule has 0 unspecified atom stereocenters. The van der Waals surface area contributed by atoms with Gasteiger partial charge in [-0.1, -0.05) is 0 Å². The Balaban J connectivity index is 2.17. The number of hydrogen-bond acceptors (Lipinski definition) is 10. The van der Waals surface area contributed by atoms with Crippen molar-refractivity contribution in [1.82, 2.24) is 19.5 Å². The molecule has 130 valence electrons. The van der Waals surface area contributed by atoms with Crippen molar-refractivity contribution < 1.29 is 28.2 Å². The van der Waals surface area contributed by atoms with E-state index < -0.39 is 26.9 Å². The van der Waals surface area contributed by atoms with Crippen molar-refractivity contribution in [2.24, 2.45) is 0 Å². The third-order valence-electron chi connectivity index (χ3n) is 2.71. The number of anilines is 1. The first-order chi connectivity index (χ1) is 11.3. The first kappa shape index (κ1) is 19.7. The summed E-state index contributed by atoms with van der Waals surface area (Å²) in [5.74, 6) is 0.200. The van der Waals surface area contributed by atoms with Gasteiger partial charge in [-0.05, 0) is 0 Å². The second kappa shape index (κ2) is 8.16. The van der Waals surface area contributed by atoms with Crippen LogP contribution in [0.2, 0.25) is 0 Å². The number of nitrogen functional groups attached to an aromatic ring is 1. The normalized spacial score (nSPS) is 15.1. The smallest absolute Gasteiger partial charge is 0.379 e. The zero-order chi connectivity index (χ0) is 17.8. The molecule has 0 aliphatic carbocycles. The predicted octanol–water partition coefficient (Wildman–Crippen LogP) is 2.09. The van der Waals surface area contributed by atoms with Crippen LogP contribution in [0.1, 0.15) is 0 Å². The minimum atomic E-state index is -4.88. The van der Waals surface area contributed by atoms with E-state index in [0.717, 1.165) is 0 Å². The fraction of sp³-hybridized carbons (Fsp3) is 0.375. The highest BCUT2D eigenvalue weighted by Gasteiger charge is 2.51. The molecule has 2 heterocycles. The number of aromatic nitrogens is 4. The Morgan fingerprint density at radius 3 is 2.54 bits per heavy atom. The molecule has 4 N–H and O–H groups in total. The van der Waals surface area contributed by atoms with Gasteiger partial charge in [0, 0.05) is 29.3 Å². The Bertz CT molecular complexity index is 790. The predicted molar refractivity (Wildman–Crippen MR) is 90.9 cm³/mol. The van der Waals surface area contributed by atoms with Crippen LogP contribution in [0.5, 0.6) is 0 Å². The van der Waals surface area contributed by atoms with Crippen LogP contribution in [-0.4, -0.2) is 39.9 Å². The summed E-state index contributed by atoms with van der Waals surface area (Å²) in [4.78, 5) is 30.8. The van der Waals surface area contributed by atoms with Gasteiger partial charge in [-0.25, -0.2) is 15.0 Å². The van der Waals surface area contributed by atoms with Crippen LogP contribution >= 0.6 is 45.7 Å². The molecule has 11 nitrogen and oxygen atoms in total. The molecule has 16 heteroatoms. The van der Waals surface area contributed by atoms with E-state index in [4.69, 9.17) is 10.5 Å². The van der Waals surface area contributed by atoms with Gasteiger partial charge in [-0.15, -0.1) is 0 Å². The number of ether oxygens (including phenoxy) is 1. The van der Waals surface area contributed by atoms with Crippen LogP contribution in [0.15, 0.2) is 12.7 Å². The maximum Gasteiger partial charge on any atom is 0.379 e. The third kappa shape index (κ3) is 4.12. The van der Waals surface area contributed by atoms with E-state index in [0.29, 0.717) is 33.9 Å². The zero-order valence-electron chi connectivity index (χ0n) is 11.6. The molecule has 24 heavy (non-hydrogen) atoms. The van der Waals surface area contributed by atoms with Gasteiger partial charge in [-0.3, -0.25) is 13.7 Å². The average Bonchev–Trinajstić information content (AvgIpc) is 2.91. The van der Waals surface area contributed by atoms with Crippen molar-refractivity contribution in [3.8, 4) is 0 Å². The number of imidazole rings is 1. The highest BCUT2D eigenvalue weighted by molar-refractivity contribution is 8.61. The SMILES string of the molecule is Nc1ncnc2c1ncn2CCOC(SP=O)(SP=O)P(=O)(O)O. The molecule has 0 radical (unpaired) electrons. The van der Waals surface area contributed by atoms with Crippen LogP contribution in [-0.2, 0) is 25.0 Å². The van der Waals surface area contributed by atoms with E-state index in [1.165, 1.54) is 12.7 Å². The fourth-order valence-corrected chi connectivity index (χ4v) is 8.54. The number of rotatable bonds is 9. The van der Waals surface area contributed by atoms with E-state index in [1.807, 2.05) is 0 Å². The molecule has 2 aromatic heterocycles. The van der Waals surface area contributed by atoms with Gasteiger partial charge >= 0.3 is 7.60 Å². The molecular weight excluding hydrogens is 419 g/mol. The van der Waals surface area contributed by atoms with Crippen LogP contribution in [0.3, 0.4) is 0 Å².